The van der Waals surface area contributed by atoms with Crippen molar-refractivity contribution in [2.24, 2.45) is 0 Å². The van der Waals surface area contributed by atoms with Crippen LogP contribution in [0, 0.1) is 0 Å². The van der Waals surface area contributed by atoms with E-state index in [-0.39, 0.29) is 18.1 Å². The van der Waals surface area contributed by atoms with Crippen molar-refractivity contribution in [2.45, 2.75) is 19.0 Å². The summed E-state index contributed by atoms with van der Waals surface area (Å²) in [6.07, 6.45) is 0.362. The van der Waals surface area contributed by atoms with Crippen LogP contribution in [0.1, 0.15) is 6.42 Å². The van der Waals surface area contributed by atoms with Crippen molar-refractivity contribution in [1.29, 1.82) is 0 Å². The number of anilines is 1. The summed E-state index contributed by atoms with van der Waals surface area (Å²) in [5.41, 5.74) is 0.639. The summed E-state index contributed by atoms with van der Waals surface area (Å²) < 4.78 is 24.9. The summed E-state index contributed by atoms with van der Waals surface area (Å²) in [6.45, 7) is -0.317. The lowest BCUT2D eigenvalue weighted by Gasteiger charge is -2.28. The number of nitrogens with zero attached hydrogens (tertiary/aromatic N) is 4. The van der Waals surface area contributed by atoms with Crippen LogP contribution in [-0.4, -0.2) is 46.9 Å². The van der Waals surface area contributed by atoms with Crippen LogP contribution < -0.4 is 10.5 Å². The van der Waals surface area contributed by atoms with E-state index in [2.05, 4.69) is 10.3 Å². The van der Waals surface area contributed by atoms with Crippen molar-refractivity contribution in [3.63, 3.8) is 0 Å². The molecule has 1 atom stereocenters. The zero-order valence-corrected chi connectivity index (χ0v) is 15.7. The maximum Gasteiger partial charge on any atom is 0.278 e. The van der Waals surface area contributed by atoms with Crippen LogP contribution in [-0.2, 0) is 21.2 Å². The van der Waals surface area contributed by atoms with Gasteiger partial charge in [0.1, 0.15) is 12.1 Å². The summed E-state index contributed by atoms with van der Waals surface area (Å²) in [5, 5.41) is 8.24. The van der Waals surface area contributed by atoms with Gasteiger partial charge in [-0.3, -0.25) is 9.59 Å². The topological polar surface area (TPSA) is 102 Å². The highest BCUT2D eigenvalue weighted by molar-refractivity contribution is 7.91. The highest BCUT2D eigenvalue weighted by Crippen LogP contribution is 2.24. The first-order chi connectivity index (χ1) is 13.4. The van der Waals surface area contributed by atoms with Crippen LogP contribution in [0.2, 0.25) is 0 Å². The average molecular weight is 398 g/mol. The third-order valence-corrected chi connectivity index (χ3v) is 6.54. The number of carbonyl (C=O) groups excluding carboxylic acids is 1. The largest absolute Gasteiger partial charge is 0.307 e. The molecule has 1 aliphatic rings. The van der Waals surface area contributed by atoms with E-state index in [1.165, 1.54) is 4.90 Å². The molecule has 0 saturated carbocycles. The SMILES string of the molecule is O=C(Cn1nnc2ccccc2c1=O)N(c1ccccc1)C1CCS(=O)(=O)C1. The van der Waals surface area contributed by atoms with Gasteiger partial charge in [0.2, 0.25) is 5.91 Å². The predicted octanol–water partition coefficient (Wildman–Crippen LogP) is 1.01. The Morgan fingerprint density at radius 2 is 1.82 bits per heavy atom. The molecule has 2 heterocycles. The van der Waals surface area contributed by atoms with Gasteiger partial charge in [-0.25, -0.2) is 13.1 Å². The number of hydrogen-bond acceptors (Lipinski definition) is 6. The molecule has 144 valence electrons. The van der Waals surface area contributed by atoms with E-state index < -0.39 is 27.3 Å². The molecule has 1 saturated heterocycles. The maximum atomic E-state index is 13.1. The van der Waals surface area contributed by atoms with Crippen molar-refractivity contribution >= 4 is 32.3 Å². The molecule has 1 unspecified atom stereocenters. The zero-order chi connectivity index (χ0) is 19.7. The van der Waals surface area contributed by atoms with Crippen molar-refractivity contribution in [1.82, 2.24) is 15.0 Å². The highest BCUT2D eigenvalue weighted by atomic mass is 32.2. The smallest absolute Gasteiger partial charge is 0.278 e. The minimum atomic E-state index is -3.18. The third kappa shape index (κ3) is 3.53. The van der Waals surface area contributed by atoms with Crippen LogP contribution in [0.25, 0.3) is 10.9 Å². The molecule has 28 heavy (non-hydrogen) atoms. The molecule has 4 rings (SSSR count). The lowest BCUT2D eigenvalue weighted by atomic mass is 10.1. The molecule has 1 fully saturated rings. The Labute approximate surface area is 161 Å². The Morgan fingerprint density at radius 1 is 1.11 bits per heavy atom. The second-order valence-corrected chi connectivity index (χ2v) is 8.95. The van der Waals surface area contributed by atoms with Crippen LogP contribution in [0.4, 0.5) is 5.69 Å². The number of amides is 1. The standard InChI is InChI=1S/C19H18N4O4S/c24-18(12-22-19(25)16-8-4-5-9-17(16)20-21-22)23(14-6-2-1-3-7-14)15-10-11-28(26,27)13-15/h1-9,15H,10-13H2. The number of para-hydroxylation sites is 1. The quantitative estimate of drug-likeness (QED) is 0.650. The van der Waals surface area contributed by atoms with E-state index in [0.29, 0.717) is 23.0 Å². The molecule has 9 heteroatoms. The van der Waals surface area contributed by atoms with Gasteiger partial charge in [-0.15, -0.1) is 5.10 Å². The van der Waals surface area contributed by atoms with Gasteiger partial charge >= 0.3 is 0 Å². The lowest BCUT2D eigenvalue weighted by Crippen LogP contribution is -2.44. The molecule has 8 nitrogen and oxygen atoms in total. The molecule has 1 aliphatic heterocycles. The maximum absolute atomic E-state index is 13.1. The number of benzene rings is 2. The highest BCUT2D eigenvalue weighted by Gasteiger charge is 2.35. The minimum absolute atomic E-state index is 0.0456. The van der Waals surface area contributed by atoms with Gasteiger partial charge in [-0.05, 0) is 30.7 Å². The summed E-state index contributed by atoms with van der Waals surface area (Å²) in [4.78, 5) is 27.2. The first-order valence-electron chi connectivity index (χ1n) is 8.85. The molecule has 0 spiro atoms. The molecule has 0 aliphatic carbocycles. The monoisotopic (exact) mass is 398 g/mol. The van der Waals surface area contributed by atoms with Crippen LogP contribution >= 0.6 is 0 Å². The average Bonchev–Trinajstić information content (AvgIpc) is 3.04. The summed E-state index contributed by atoms with van der Waals surface area (Å²) in [5.74, 6) is -0.448. The molecular weight excluding hydrogens is 380 g/mol. The number of hydrogen-bond donors (Lipinski definition) is 0. The Kier molecular flexibility index (Phi) is 4.68. The molecule has 1 amide bonds. The summed E-state index contributed by atoms with van der Waals surface area (Å²) in [7, 11) is -3.18. The van der Waals surface area contributed by atoms with Gasteiger partial charge < -0.3 is 4.90 Å². The number of fused-ring (bicyclic) bond motifs is 1. The molecule has 1 aromatic heterocycles. The van der Waals surface area contributed by atoms with Crippen LogP contribution in [0.15, 0.2) is 59.4 Å². The Bertz CT molecular complexity index is 1190. The van der Waals surface area contributed by atoms with Crippen molar-refractivity contribution in [3.8, 4) is 0 Å². The zero-order valence-electron chi connectivity index (χ0n) is 14.9. The Balaban J connectivity index is 1.69. The minimum Gasteiger partial charge on any atom is -0.307 e. The van der Waals surface area contributed by atoms with Gasteiger partial charge in [0.15, 0.2) is 9.84 Å². The van der Waals surface area contributed by atoms with E-state index in [4.69, 9.17) is 0 Å². The Hall–Kier alpha value is -3.07. The predicted molar refractivity (Wildman–Crippen MR) is 105 cm³/mol. The number of rotatable bonds is 4. The van der Waals surface area contributed by atoms with Gasteiger partial charge in [-0.2, -0.15) is 0 Å². The summed E-state index contributed by atoms with van der Waals surface area (Å²) in [6, 6.07) is 15.2. The van der Waals surface area contributed by atoms with Crippen molar-refractivity contribution < 1.29 is 13.2 Å². The second kappa shape index (κ2) is 7.16. The van der Waals surface area contributed by atoms with E-state index in [1.54, 1.807) is 48.5 Å². The molecule has 2 aromatic carbocycles. The number of sulfone groups is 1. The molecule has 0 bridgehead atoms. The summed E-state index contributed by atoms with van der Waals surface area (Å²) >= 11 is 0. The van der Waals surface area contributed by atoms with E-state index in [9.17, 15) is 18.0 Å². The molecule has 3 aromatic rings. The first-order valence-corrected chi connectivity index (χ1v) is 10.7. The van der Waals surface area contributed by atoms with Gasteiger partial charge in [0, 0.05) is 5.69 Å². The fourth-order valence-electron chi connectivity index (χ4n) is 3.46. The van der Waals surface area contributed by atoms with Crippen LogP contribution in [0.3, 0.4) is 0 Å². The lowest BCUT2D eigenvalue weighted by molar-refractivity contribution is -0.119. The van der Waals surface area contributed by atoms with Gasteiger partial charge in [0.05, 0.1) is 22.9 Å². The number of aromatic nitrogens is 3. The normalized spacial score (nSPS) is 18.2. The molecular formula is C19H18N4O4S. The van der Waals surface area contributed by atoms with Crippen molar-refractivity contribution in [3.05, 3.63) is 65.0 Å². The Morgan fingerprint density at radius 3 is 2.54 bits per heavy atom. The third-order valence-electron chi connectivity index (χ3n) is 4.79. The van der Waals surface area contributed by atoms with E-state index in [1.807, 2.05) is 6.07 Å². The van der Waals surface area contributed by atoms with Gasteiger partial charge in [0.25, 0.3) is 5.56 Å². The van der Waals surface area contributed by atoms with E-state index >= 15 is 0 Å². The molecule has 0 radical (unpaired) electrons. The van der Waals surface area contributed by atoms with Gasteiger partial charge in [-0.1, -0.05) is 35.5 Å². The van der Waals surface area contributed by atoms with E-state index in [0.717, 1.165) is 4.68 Å². The van der Waals surface area contributed by atoms with Crippen LogP contribution in [0.5, 0.6) is 0 Å². The fourth-order valence-corrected chi connectivity index (χ4v) is 5.16. The first kappa shape index (κ1) is 18.3. The fraction of sp³-hybridized carbons (Fsp3) is 0.263. The van der Waals surface area contributed by atoms with Crippen molar-refractivity contribution in [2.75, 3.05) is 16.4 Å². The number of carbonyl (C=O) groups is 1. The second-order valence-electron chi connectivity index (χ2n) is 6.73. The molecule has 0 N–H and O–H groups in total.